The summed E-state index contributed by atoms with van der Waals surface area (Å²) < 4.78 is 57.5. The van der Waals surface area contributed by atoms with Crippen LogP contribution in [0, 0.1) is 22.6 Å². The minimum atomic E-state index is -2.59. The number of alkyl carbamates (subject to hydrolysis) is 1. The molecule has 74 heavy (non-hydrogen) atoms. The Morgan fingerprint density at radius 1 is 0.865 bits per heavy atom. The van der Waals surface area contributed by atoms with E-state index in [1.807, 2.05) is 0 Å². The van der Waals surface area contributed by atoms with Crippen LogP contribution in [0.3, 0.4) is 0 Å². The van der Waals surface area contributed by atoms with Gasteiger partial charge in [-0.1, -0.05) is 69.3 Å². The van der Waals surface area contributed by atoms with Crippen molar-refractivity contribution in [2.24, 2.45) is 16.7 Å². The summed E-state index contributed by atoms with van der Waals surface area (Å²) in [5.41, 5.74) is -8.27. The third-order valence-electron chi connectivity index (χ3n) is 14.9. The highest BCUT2D eigenvalue weighted by atomic mass is 32.1. The first-order valence-electron chi connectivity index (χ1n) is 24.4. The highest BCUT2D eigenvalue weighted by molar-refractivity contribution is 7.80. The molecule has 3 aliphatic carbocycles. The number of nitrogens with one attached hydrogen (secondary N) is 2. The summed E-state index contributed by atoms with van der Waals surface area (Å²) in [6.45, 7) is 9.69. The van der Waals surface area contributed by atoms with Crippen LogP contribution in [-0.2, 0) is 57.1 Å². The summed E-state index contributed by atoms with van der Waals surface area (Å²) >= 11 is 4.19. The molecule has 3 fully saturated rings. The number of carbonyl (C=O) groups is 8. The summed E-state index contributed by atoms with van der Waals surface area (Å²) in [7, 11) is 0. The van der Waals surface area contributed by atoms with E-state index in [2.05, 4.69) is 23.3 Å². The van der Waals surface area contributed by atoms with Gasteiger partial charge in [-0.2, -0.15) is 12.6 Å². The van der Waals surface area contributed by atoms with E-state index in [1.54, 1.807) is 67.6 Å². The molecule has 1 aliphatic heterocycles. The third-order valence-corrected chi connectivity index (χ3v) is 15.1. The Morgan fingerprint density at radius 3 is 2.09 bits per heavy atom. The predicted molar refractivity (Wildman–Crippen MR) is 263 cm³/mol. The lowest BCUT2D eigenvalue weighted by Gasteiger charge is -2.67. The second-order valence-electron chi connectivity index (χ2n) is 19.6. The number of halogens is 1. The van der Waals surface area contributed by atoms with Gasteiger partial charge in [-0.3, -0.25) is 24.0 Å². The number of fused-ring (bicyclic) bond motifs is 5. The van der Waals surface area contributed by atoms with Crippen LogP contribution in [-0.4, -0.2) is 119 Å². The Kier molecular flexibility index (Phi) is 16.4. The fraction of sp³-hybridized carbons (Fsp3) is 0.481. The smallest absolute Gasteiger partial charge is 0.408 e. The molecule has 2 bridgehead atoms. The second-order valence-corrected chi connectivity index (χ2v) is 20.0. The molecule has 18 nitrogen and oxygen atoms in total. The highest BCUT2D eigenvalue weighted by Crippen LogP contribution is 2.65. The predicted octanol–water partition coefficient (Wildman–Crippen LogP) is 5.89. The third kappa shape index (κ3) is 10.3. The van der Waals surface area contributed by atoms with Crippen molar-refractivity contribution < 1.29 is 81.0 Å². The lowest BCUT2D eigenvalue weighted by atomic mass is 9.44. The van der Waals surface area contributed by atoms with Crippen molar-refractivity contribution in [2.45, 2.75) is 128 Å². The van der Waals surface area contributed by atoms with E-state index in [0.29, 0.717) is 5.56 Å². The Hall–Kier alpha value is -6.64. The number of rotatable bonds is 16. The normalized spacial score (nSPS) is 28.4. The molecule has 0 radical (unpaired) electrons. The van der Waals surface area contributed by atoms with Gasteiger partial charge in [0.1, 0.15) is 41.9 Å². The molecule has 1 heterocycles. The number of thiol groups is 1. The van der Waals surface area contributed by atoms with Gasteiger partial charge in [-0.05, 0) is 73.9 Å². The Balaban J connectivity index is 1.47. The molecule has 1 saturated heterocycles. The summed E-state index contributed by atoms with van der Waals surface area (Å²) in [6.07, 6.45) is -12.7. The lowest BCUT2D eigenvalue weighted by Crippen LogP contribution is -2.82. The maximum atomic E-state index is 16.3. The van der Waals surface area contributed by atoms with Crippen molar-refractivity contribution in [3.05, 3.63) is 119 Å². The second kappa shape index (κ2) is 22.1. The van der Waals surface area contributed by atoms with Crippen molar-refractivity contribution in [2.75, 3.05) is 18.9 Å². The Bertz CT molecular complexity index is 2690. The van der Waals surface area contributed by atoms with Crippen LogP contribution >= 0.6 is 12.6 Å². The van der Waals surface area contributed by atoms with Crippen molar-refractivity contribution in [1.82, 2.24) is 10.6 Å². The van der Waals surface area contributed by atoms with Gasteiger partial charge in [0, 0.05) is 49.5 Å². The average molecular weight is 1050 g/mol. The summed E-state index contributed by atoms with van der Waals surface area (Å²) in [6, 6.07) is 19.1. The van der Waals surface area contributed by atoms with E-state index in [0.717, 1.165) is 31.2 Å². The zero-order chi connectivity index (χ0) is 53.9. The zero-order valence-corrected chi connectivity index (χ0v) is 42.9. The first-order chi connectivity index (χ1) is 35.1. The molecule has 3 aromatic rings. The number of Topliss-reactive ketones (excluding diaryl/α,β-unsaturated/α-hetero) is 1. The number of carbonyl (C=O) groups excluding carboxylic acids is 8. The van der Waals surface area contributed by atoms with Gasteiger partial charge in [0.2, 0.25) is 6.10 Å². The zero-order valence-electron chi connectivity index (χ0n) is 42.0. The van der Waals surface area contributed by atoms with Crippen LogP contribution < -0.4 is 10.6 Å². The molecule has 3 aromatic carbocycles. The van der Waals surface area contributed by atoms with Gasteiger partial charge in [0.15, 0.2) is 17.5 Å². The number of ether oxygens (including phenoxy) is 7. The first kappa shape index (κ1) is 55.1. The molecule has 2 saturated carbocycles. The molecule has 0 spiro atoms. The van der Waals surface area contributed by atoms with Crippen molar-refractivity contribution in [3.63, 3.8) is 0 Å². The average Bonchev–Trinajstić information content (AvgIpc) is 3.36. The van der Waals surface area contributed by atoms with Gasteiger partial charge in [-0.15, -0.1) is 0 Å². The number of benzene rings is 3. The molecule has 7 rings (SSSR count). The Labute approximate surface area is 432 Å². The largest absolute Gasteiger partial charge is 0.461 e. The molecule has 11 atom stereocenters. The minimum Gasteiger partial charge on any atom is -0.461 e. The maximum absolute atomic E-state index is 16.3. The van der Waals surface area contributed by atoms with Gasteiger partial charge < -0.3 is 48.9 Å². The number of hydrogen-bond donors (Lipinski definition) is 4. The molecule has 0 aromatic heterocycles. The fourth-order valence-corrected chi connectivity index (χ4v) is 11.3. The van der Waals surface area contributed by atoms with E-state index < -0.39 is 137 Å². The van der Waals surface area contributed by atoms with Crippen molar-refractivity contribution in [3.8, 4) is 0 Å². The van der Waals surface area contributed by atoms with Crippen LogP contribution in [0.1, 0.15) is 106 Å². The molecule has 20 heteroatoms. The molecular formula is C54H61FN2O16S. The van der Waals surface area contributed by atoms with E-state index in [1.165, 1.54) is 34.6 Å². The number of hydrogen-bond acceptors (Lipinski definition) is 17. The Morgan fingerprint density at radius 2 is 1.51 bits per heavy atom. The van der Waals surface area contributed by atoms with Crippen LogP contribution in [0.25, 0.3) is 0 Å². The molecule has 1 unspecified atom stereocenters. The summed E-state index contributed by atoms with van der Waals surface area (Å²) in [4.78, 5) is 114. The molecule has 2 amide bonds. The number of amides is 2. The van der Waals surface area contributed by atoms with Gasteiger partial charge >= 0.3 is 35.9 Å². The molecule has 3 N–H and O–H groups in total. The van der Waals surface area contributed by atoms with Gasteiger partial charge in [0.05, 0.1) is 29.9 Å². The van der Waals surface area contributed by atoms with E-state index in [-0.39, 0.29) is 53.8 Å². The lowest BCUT2D eigenvalue weighted by molar-refractivity contribution is -0.346. The molecule has 396 valence electrons. The number of esters is 5. The van der Waals surface area contributed by atoms with Crippen LogP contribution in [0.5, 0.6) is 0 Å². The minimum absolute atomic E-state index is 0.0342. The van der Waals surface area contributed by atoms with Crippen LogP contribution in [0.2, 0.25) is 0 Å². The van der Waals surface area contributed by atoms with Gasteiger partial charge in [0.25, 0.3) is 5.91 Å². The maximum Gasteiger partial charge on any atom is 0.408 e. The fourth-order valence-electron chi connectivity index (χ4n) is 11.1. The highest BCUT2D eigenvalue weighted by Gasteiger charge is 2.79. The topological polar surface area (TPSA) is 245 Å². The number of ketones is 1. The van der Waals surface area contributed by atoms with E-state index >= 15 is 9.59 Å². The molecular weight excluding hydrogens is 984 g/mol. The van der Waals surface area contributed by atoms with Crippen LogP contribution in [0.4, 0.5) is 9.18 Å². The number of aliphatic hydroxyl groups is 1. The summed E-state index contributed by atoms with van der Waals surface area (Å²) in [5, 5.41) is 19.5. The van der Waals surface area contributed by atoms with Crippen molar-refractivity contribution in [1.29, 1.82) is 0 Å². The first-order valence-corrected chi connectivity index (χ1v) is 25.0. The van der Waals surface area contributed by atoms with Gasteiger partial charge in [-0.25, -0.2) is 18.8 Å². The van der Waals surface area contributed by atoms with E-state index in [4.69, 9.17) is 33.2 Å². The van der Waals surface area contributed by atoms with E-state index in [9.17, 15) is 38.3 Å². The van der Waals surface area contributed by atoms with Crippen LogP contribution in [0.15, 0.2) is 96.1 Å². The van der Waals surface area contributed by atoms with Crippen molar-refractivity contribution >= 4 is 60.3 Å². The quantitative estimate of drug-likeness (QED) is 0.0566. The SMILES string of the molecule is CCNC(=O)O[C@H]1C(=O)[C@@]2(C)C([C@H](OC(=O)c3ccc(F)cc3)[C@]3(O)C[C@H](OC(=O)[C@H](OC(=O)CC)[C@@H](NC(=O)c4ccccc4)c4ccccc4)C(C)=C1C3(C)C)[C@]1(OC(C)=O)CO[C@@H]1C[C@@H]2OC(=O)CCS. The standard InChI is InChI=1S/C54H61FN2O16S/c1-8-38(59)70-43(41(31-16-12-10-13-17-31)57-47(62)32-18-14-11-15-19-32)49(64)68-35-27-54(66)46(72-48(63)33-20-22-34(55)23-21-33)44-52(7,45(61)42(71-50(65)56-9-2)40(29(35)3)51(54,5)6)36(69-39(60)24-25-74)26-37-53(44,28-67-37)73-30(4)58/h10-23,35-37,41-44,46,66,74H,8-9,24-28H2,1-7H3,(H,56,65)(H,57,62)/t35-,36-,37+,41-,42+,43+,44?,46-,52+,53-,54+/m0/s1. The monoisotopic (exact) mass is 1040 g/mol. The summed E-state index contributed by atoms with van der Waals surface area (Å²) in [5.74, 6) is -8.85. The molecule has 4 aliphatic rings.